The van der Waals surface area contributed by atoms with Crippen LogP contribution in [0.1, 0.15) is 45.9 Å². The Bertz CT molecular complexity index is 478. The molecule has 1 aliphatic heterocycles. The molecule has 0 radical (unpaired) electrons. The summed E-state index contributed by atoms with van der Waals surface area (Å²) in [5.41, 5.74) is 0. The van der Waals surface area contributed by atoms with E-state index in [4.69, 9.17) is 4.42 Å². The van der Waals surface area contributed by atoms with Gasteiger partial charge in [0.05, 0.1) is 0 Å². The molecule has 2 amide bonds. The van der Waals surface area contributed by atoms with Crippen LogP contribution in [-0.2, 0) is 0 Å². The summed E-state index contributed by atoms with van der Waals surface area (Å²) < 4.78 is 5.66. The third-order valence-corrected chi connectivity index (χ3v) is 3.76. The molecule has 7 heteroatoms. The monoisotopic (exact) mass is 309 g/mol. The van der Waals surface area contributed by atoms with Gasteiger partial charge in [-0.05, 0) is 12.3 Å². The van der Waals surface area contributed by atoms with Gasteiger partial charge in [-0.3, -0.25) is 0 Å². The second kappa shape index (κ2) is 7.47. The molecule has 0 spiro atoms. The Morgan fingerprint density at radius 2 is 1.86 bits per heavy atom. The maximum atomic E-state index is 12.1. The molecule has 7 nitrogen and oxygen atoms in total. The van der Waals surface area contributed by atoms with E-state index in [1.807, 2.05) is 23.6 Å². The summed E-state index contributed by atoms with van der Waals surface area (Å²) in [5.74, 6) is 1.49. The van der Waals surface area contributed by atoms with Gasteiger partial charge in [0.1, 0.15) is 0 Å². The summed E-state index contributed by atoms with van der Waals surface area (Å²) in [6.45, 7) is 11.9. The number of carbonyl (C=O) groups excluding carboxylic acids is 1. The number of anilines is 1. The number of rotatable bonds is 5. The molecule has 124 valence electrons. The van der Waals surface area contributed by atoms with Crippen LogP contribution in [0.15, 0.2) is 4.42 Å². The highest BCUT2D eigenvalue weighted by Crippen LogP contribution is 2.19. The first-order valence-electron chi connectivity index (χ1n) is 8.08. The molecule has 2 rings (SSSR count). The smallest absolute Gasteiger partial charge is 0.318 e. The van der Waals surface area contributed by atoms with Gasteiger partial charge in [0.15, 0.2) is 0 Å². The molecule has 0 aromatic carbocycles. The van der Waals surface area contributed by atoms with E-state index < -0.39 is 0 Å². The topological polar surface area (TPSA) is 74.5 Å². The van der Waals surface area contributed by atoms with E-state index in [1.165, 1.54) is 0 Å². The van der Waals surface area contributed by atoms with Crippen molar-refractivity contribution in [2.24, 2.45) is 5.92 Å². The number of nitrogens with one attached hydrogen (secondary N) is 1. The summed E-state index contributed by atoms with van der Waals surface area (Å²) in [4.78, 5) is 15.9. The minimum absolute atomic E-state index is 0.0219. The molecule has 0 atom stereocenters. The number of aromatic nitrogens is 2. The third kappa shape index (κ3) is 4.35. The maximum Gasteiger partial charge on any atom is 0.318 e. The molecule has 22 heavy (non-hydrogen) atoms. The highest BCUT2D eigenvalue weighted by Gasteiger charge is 2.24. The predicted octanol–water partition coefficient (Wildman–Crippen LogP) is 2.07. The lowest BCUT2D eigenvalue weighted by atomic mass is 10.1. The number of amides is 2. The van der Waals surface area contributed by atoms with E-state index in [9.17, 15) is 4.79 Å². The summed E-state index contributed by atoms with van der Waals surface area (Å²) in [6, 6.07) is 0.581. The van der Waals surface area contributed by atoms with Gasteiger partial charge in [-0.2, -0.15) is 0 Å². The Morgan fingerprint density at radius 3 is 2.41 bits per heavy atom. The quantitative estimate of drug-likeness (QED) is 0.901. The first kappa shape index (κ1) is 16.6. The molecule has 0 aliphatic carbocycles. The number of nitrogens with zero attached hydrogens (tertiary/aromatic N) is 4. The number of piperazine rings is 1. The Kier molecular flexibility index (Phi) is 5.63. The Hall–Kier alpha value is -1.79. The molecular weight excluding hydrogens is 282 g/mol. The van der Waals surface area contributed by atoms with Crippen molar-refractivity contribution >= 4 is 12.0 Å². The van der Waals surface area contributed by atoms with Crippen molar-refractivity contribution in [3.8, 4) is 0 Å². The van der Waals surface area contributed by atoms with E-state index in [2.05, 4.69) is 29.4 Å². The molecule has 1 aromatic heterocycles. The fraction of sp³-hybridized carbons (Fsp3) is 0.800. The Morgan fingerprint density at radius 1 is 1.18 bits per heavy atom. The van der Waals surface area contributed by atoms with Crippen molar-refractivity contribution in [1.29, 1.82) is 0 Å². The van der Waals surface area contributed by atoms with E-state index in [1.54, 1.807) is 0 Å². The summed E-state index contributed by atoms with van der Waals surface area (Å²) in [6.07, 6.45) is 1.01. The third-order valence-electron chi connectivity index (χ3n) is 3.76. The number of hydrogen-bond donors (Lipinski definition) is 1. The van der Waals surface area contributed by atoms with Crippen LogP contribution in [0.25, 0.3) is 0 Å². The van der Waals surface area contributed by atoms with E-state index in [0.717, 1.165) is 26.1 Å². The van der Waals surface area contributed by atoms with Crippen molar-refractivity contribution in [3.63, 3.8) is 0 Å². The Balaban J connectivity index is 1.78. The predicted molar refractivity (Wildman–Crippen MR) is 85.0 cm³/mol. The summed E-state index contributed by atoms with van der Waals surface area (Å²) in [7, 11) is 0. The highest BCUT2D eigenvalue weighted by molar-refractivity contribution is 5.74. The zero-order valence-corrected chi connectivity index (χ0v) is 14.0. The van der Waals surface area contributed by atoms with Crippen LogP contribution in [0.5, 0.6) is 0 Å². The largest absolute Gasteiger partial charge is 0.408 e. The zero-order valence-electron chi connectivity index (χ0n) is 14.0. The molecule has 1 N–H and O–H groups in total. The fourth-order valence-electron chi connectivity index (χ4n) is 2.27. The molecule has 2 heterocycles. The van der Waals surface area contributed by atoms with Crippen LogP contribution in [-0.4, -0.2) is 53.9 Å². The molecular formula is C15H27N5O2. The normalized spacial score (nSPS) is 15.7. The van der Waals surface area contributed by atoms with Gasteiger partial charge in [0, 0.05) is 38.6 Å². The van der Waals surface area contributed by atoms with Gasteiger partial charge in [0.25, 0.3) is 0 Å². The van der Waals surface area contributed by atoms with Crippen molar-refractivity contribution < 1.29 is 9.21 Å². The Labute approximate surface area is 132 Å². The molecule has 0 unspecified atom stereocenters. The van der Waals surface area contributed by atoms with Crippen molar-refractivity contribution in [3.05, 3.63) is 5.89 Å². The van der Waals surface area contributed by atoms with Gasteiger partial charge in [-0.1, -0.05) is 32.8 Å². The van der Waals surface area contributed by atoms with Crippen molar-refractivity contribution in [2.75, 3.05) is 37.6 Å². The van der Waals surface area contributed by atoms with Gasteiger partial charge >= 0.3 is 12.0 Å². The molecule has 1 saturated heterocycles. The second-order valence-corrected chi connectivity index (χ2v) is 6.47. The lowest BCUT2D eigenvalue weighted by Gasteiger charge is -2.33. The molecule has 1 aliphatic rings. The summed E-state index contributed by atoms with van der Waals surface area (Å²) in [5, 5.41) is 11.1. The zero-order chi connectivity index (χ0) is 16.1. The first-order chi connectivity index (χ1) is 10.5. The van der Waals surface area contributed by atoms with Crippen LogP contribution >= 0.6 is 0 Å². The highest BCUT2D eigenvalue weighted by atomic mass is 16.4. The average Bonchev–Trinajstić information content (AvgIpc) is 2.97. The van der Waals surface area contributed by atoms with Crippen LogP contribution in [0.4, 0.5) is 10.8 Å². The molecule has 1 fully saturated rings. The lowest BCUT2D eigenvalue weighted by molar-refractivity contribution is 0.193. The van der Waals surface area contributed by atoms with Crippen LogP contribution in [0.3, 0.4) is 0 Å². The maximum absolute atomic E-state index is 12.1. The number of carbonyl (C=O) groups is 1. The van der Waals surface area contributed by atoms with Crippen LogP contribution in [0, 0.1) is 5.92 Å². The van der Waals surface area contributed by atoms with E-state index in [-0.39, 0.29) is 11.9 Å². The number of urea groups is 1. The SMILES string of the molecule is CC(C)CCNC(=O)N1CCN(c2nnc(C(C)C)o2)CC1. The minimum atomic E-state index is 0.0219. The van der Waals surface area contributed by atoms with Crippen molar-refractivity contribution in [2.45, 2.75) is 40.0 Å². The lowest BCUT2D eigenvalue weighted by Crippen LogP contribution is -2.52. The van der Waals surface area contributed by atoms with Crippen molar-refractivity contribution in [1.82, 2.24) is 20.4 Å². The second-order valence-electron chi connectivity index (χ2n) is 6.47. The van der Waals surface area contributed by atoms with E-state index >= 15 is 0 Å². The van der Waals surface area contributed by atoms with Gasteiger partial charge in [0.2, 0.25) is 5.89 Å². The van der Waals surface area contributed by atoms with Gasteiger partial charge in [-0.25, -0.2) is 4.79 Å². The van der Waals surface area contributed by atoms with Gasteiger partial charge < -0.3 is 19.5 Å². The van der Waals surface area contributed by atoms with Crippen LogP contribution in [0.2, 0.25) is 0 Å². The molecule has 0 bridgehead atoms. The first-order valence-corrected chi connectivity index (χ1v) is 8.08. The summed E-state index contributed by atoms with van der Waals surface area (Å²) >= 11 is 0. The molecule has 0 saturated carbocycles. The fourth-order valence-corrected chi connectivity index (χ4v) is 2.27. The standard InChI is InChI=1S/C15H27N5O2/c1-11(2)5-6-16-14(21)19-7-9-20(10-8-19)15-18-17-13(22-15)12(3)4/h11-12H,5-10H2,1-4H3,(H,16,21). The number of hydrogen-bond acceptors (Lipinski definition) is 5. The molecule has 1 aromatic rings. The van der Waals surface area contributed by atoms with E-state index in [0.29, 0.717) is 30.9 Å². The average molecular weight is 309 g/mol. The van der Waals surface area contributed by atoms with Gasteiger partial charge in [-0.15, -0.1) is 5.10 Å². The van der Waals surface area contributed by atoms with Crippen LogP contribution < -0.4 is 10.2 Å². The minimum Gasteiger partial charge on any atom is -0.408 e.